The predicted molar refractivity (Wildman–Crippen MR) is 71.0 cm³/mol. The SMILES string of the molecule is NC(Cc1cc(F)cc(F)c1)c1c(F)ccc(Br)c1F. The normalized spacial score (nSPS) is 12.5. The Morgan fingerprint density at radius 3 is 2.20 bits per heavy atom. The standard InChI is InChI=1S/C14H10BrF4N/c15-10-1-2-11(18)13(14(10)19)12(20)5-7-3-8(16)6-9(17)4-7/h1-4,6,12H,5,20H2. The maximum atomic E-state index is 13.9. The van der Waals surface area contributed by atoms with E-state index in [2.05, 4.69) is 15.9 Å². The molecular formula is C14H10BrF4N. The van der Waals surface area contributed by atoms with E-state index in [0.29, 0.717) is 0 Å². The van der Waals surface area contributed by atoms with Gasteiger partial charge in [0.25, 0.3) is 0 Å². The first-order valence-electron chi connectivity index (χ1n) is 5.72. The fourth-order valence-electron chi connectivity index (χ4n) is 1.97. The minimum Gasteiger partial charge on any atom is -0.323 e. The van der Waals surface area contributed by atoms with Crippen LogP contribution in [0.15, 0.2) is 34.8 Å². The largest absolute Gasteiger partial charge is 0.323 e. The highest BCUT2D eigenvalue weighted by atomic mass is 79.9. The Bertz CT molecular complexity index is 625. The summed E-state index contributed by atoms with van der Waals surface area (Å²) in [5, 5.41) is 0. The molecule has 0 spiro atoms. The lowest BCUT2D eigenvalue weighted by atomic mass is 9.98. The molecule has 6 heteroatoms. The zero-order chi connectivity index (χ0) is 14.9. The molecule has 2 N–H and O–H groups in total. The van der Waals surface area contributed by atoms with E-state index in [4.69, 9.17) is 5.73 Å². The van der Waals surface area contributed by atoms with Crippen molar-refractivity contribution in [1.29, 1.82) is 0 Å². The van der Waals surface area contributed by atoms with Crippen LogP contribution in [0.3, 0.4) is 0 Å². The number of hydrogen-bond acceptors (Lipinski definition) is 1. The highest BCUT2D eigenvalue weighted by Crippen LogP contribution is 2.27. The smallest absolute Gasteiger partial charge is 0.145 e. The summed E-state index contributed by atoms with van der Waals surface area (Å²) >= 11 is 2.94. The molecule has 0 fully saturated rings. The van der Waals surface area contributed by atoms with Crippen LogP contribution in [0, 0.1) is 23.3 Å². The topological polar surface area (TPSA) is 26.0 Å². The second-order valence-electron chi connectivity index (χ2n) is 4.35. The molecule has 0 saturated carbocycles. The molecule has 0 bridgehead atoms. The summed E-state index contributed by atoms with van der Waals surface area (Å²) in [6, 6.07) is 4.13. The Kier molecular flexibility index (Phi) is 4.45. The summed E-state index contributed by atoms with van der Waals surface area (Å²) in [6.07, 6.45) is -0.0844. The molecule has 0 aromatic heterocycles. The van der Waals surface area contributed by atoms with Gasteiger partial charge in [0.2, 0.25) is 0 Å². The second kappa shape index (κ2) is 5.93. The first-order chi connectivity index (χ1) is 9.38. The molecular weight excluding hydrogens is 338 g/mol. The molecule has 2 rings (SSSR count). The lowest BCUT2D eigenvalue weighted by Gasteiger charge is -2.15. The van der Waals surface area contributed by atoms with Crippen LogP contribution in [-0.2, 0) is 6.42 Å². The van der Waals surface area contributed by atoms with Crippen molar-refractivity contribution in [2.45, 2.75) is 12.5 Å². The van der Waals surface area contributed by atoms with Crippen LogP contribution in [0.25, 0.3) is 0 Å². The van der Waals surface area contributed by atoms with Gasteiger partial charge in [0.15, 0.2) is 0 Å². The van der Waals surface area contributed by atoms with Gasteiger partial charge in [-0.05, 0) is 52.2 Å². The average molecular weight is 348 g/mol. The first kappa shape index (κ1) is 15.0. The second-order valence-corrected chi connectivity index (χ2v) is 5.20. The quantitative estimate of drug-likeness (QED) is 0.651. The van der Waals surface area contributed by atoms with Crippen LogP contribution in [0.2, 0.25) is 0 Å². The minimum atomic E-state index is -1.05. The van der Waals surface area contributed by atoms with Crippen LogP contribution in [0.1, 0.15) is 17.2 Å². The van der Waals surface area contributed by atoms with Crippen LogP contribution in [-0.4, -0.2) is 0 Å². The van der Waals surface area contributed by atoms with Crippen molar-refractivity contribution < 1.29 is 17.6 Å². The third kappa shape index (κ3) is 3.19. The maximum absolute atomic E-state index is 13.9. The molecule has 0 aliphatic heterocycles. The third-order valence-corrected chi connectivity index (χ3v) is 3.44. The van der Waals surface area contributed by atoms with Gasteiger partial charge in [-0.1, -0.05) is 0 Å². The molecule has 2 aromatic carbocycles. The van der Waals surface area contributed by atoms with Crippen LogP contribution < -0.4 is 5.73 Å². The van der Waals surface area contributed by atoms with E-state index < -0.39 is 29.3 Å². The zero-order valence-electron chi connectivity index (χ0n) is 10.1. The molecule has 0 heterocycles. The number of hydrogen-bond donors (Lipinski definition) is 1. The maximum Gasteiger partial charge on any atom is 0.145 e. The highest BCUT2D eigenvalue weighted by molar-refractivity contribution is 9.10. The summed E-state index contributed by atoms with van der Waals surface area (Å²) in [4.78, 5) is 0. The van der Waals surface area contributed by atoms with Gasteiger partial charge in [-0.25, -0.2) is 17.6 Å². The van der Waals surface area contributed by atoms with Crippen molar-refractivity contribution in [2.24, 2.45) is 5.73 Å². The van der Waals surface area contributed by atoms with Gasteiger partial charge in [0, 0.05) is 17.7 Å². The van der Waals surface area contributed by atoms with E-state index in [-0.39, 0.29) is 22.0 Å². The van der Waals surface area contributed by atoms with E-state index in [0.717, 1.165) is 24.3 Å². The summed E-state index contributed by atoms with van der Waals surface area (Å²) in [5.41, 5.74) is 5.67. The van der Waals surface area contributed by atoms with Crippen molar-refractivity contribution in [3.63, 3.8) is 0 Å². The molecule has 1 nitrogen and oxygen atoms in total. The summed E-state index contributed by atoms with van der Waals surface area (Å²) in [5.74, 6) is -3.13. The minimum absolute atomic E-state index is 0.0785. The molecule has 1 unspecified atom stereocenters. The average Bonchev–Trinajstić information content (AvgIpc) is 2.33. The summed E-state index contributed by atoms with van der Waals surface area (Å²) < 4.78 is 53.7. The Morgan fingerprint density at radius 1 is 1.00 bits per heavy atom. The number of rotatable bonds is 3. The lowest BCUT2D eigenvalue weighted by Crippen LogP contribution is -2.17. The van der Waals surface area contributed by atoms with Crippen molar-refractivity contribution >= 4 is 15.9 Å². The van der Waals surface area contributed by atoms with E-state index in [1.165, 1.54) is 6.07 Å². The molecule has 1 atom stereocenters. The van der Waals surface area contributed by atoms with Crippen molar-refractivity contribution in [1.82, 2.24) is 0 Å². The van der Waals surface area contributed by atoms with E-state index in [1.807, 2.05) is 0 Å². The van der Waals surface area contributed by atoms with Crippen molar-refractivity contribution in [2.75, 3.05) is 0 Å². The Labute approximate surface area is 121 Å². The number of halogens is 5. The van der Waals surface area contributed by atoms with Crippen LogP contribution in [0.5, 0.6) is 0 Å². The zero-order valence-corrected chi connectivity index (χ0v) is 11.7. The Morgan fingerprint density at radius 2 is 1.60 bits per heavy atom. The fourth-order valence-corrected chi connectivity index (χ4v) is 2.31. The van der Waals surface area contributed by atoms with Crippen molar-refractivity contribution in [3.05, 3.63) is 69.2 Å². The first-order valence-corrected chi connectivity index (χ1v) is 6.51. The van der Waals surface area contributed by atoms with Gasteiger partial charge in [-0.3, -0.25) is 0 Å². The molecule has 0 radical (unpaired) electrons. The Hall–Kier alpha value is -1.40. The van der Waals surface area contributed by atoms with Gasteiger partial charge in [-0.2, -0.15) is 0 Å². The molecule has 106 valence electrons. The molecule has 0 aliphatic rings. The molecule has 0 saturated heterocycles. The molecule has 2 aromatic rings. The van der Waals surface area contributed by atoms with Gasteiger partial charge in [0.05, 0.1) is 4.47 Å². The number of nitrogens with two attached hydrogens (primary N) is 1. The van der Waals surface area contributed by atoms with E-state index >= 15 is 0 Å². The van der Waals surface area contributed by atoms with E-state index in [9.17, 15) is 17.6 Å². The van der Waals surface area contributed by atoms with E-state index in [1.54, 1.807) is 0 Å². The number of benzene rings is 2. The predicted octanol–water partition coefficient (Wildman–Crippen LogP) is 4.25. The third-order valence-electron chi connectivity index (χ3n) is 2.83. The molecule has 20 heavy (non-hydrogen) atoms. The molecule has 0 amide bonds. The molecule has 0 aliphatic carbocycles. The van der Waals surface area contributed by atoms with Gasteiger partial charge in [-0.15, -0.1) is 0 Å². The Balaban J connectivity index is 2.33. The van der Waals surface area contributed by atoms with Gasteiger partial charge in [0.1, 0.15) is 23.3 Å². The van der Waals surface area contributed by atoms with Crippen LogP contribution in [0.4, 0.5) is 17.6 Å². The summed E-state index contributed by atoms with van der Waals surface area (Å²) in [6.45, 7) is 0. The van der Waals surface area contributed by atoms with Gasteiger partial charge < -0.3 is 5.73 Å². The monoisotopic (exact) mass is 347 g/mol. The van der Waals surface area contributed by atoms with Crippen molar-refractivity contribution in [3.8, 4) is 0 Å². The highest BCUT2D eigenvalue weighted by Gasteiger charge is 2.19. The van der Waals surface area contributed by atoms with Gasteiger partial charge >= 0.3 is 0 Å². The van der Waals surface area contributed by atoms with Crippen LogP contribution >= 0.6 is 15.9 Å². The lowest BCUT2D eigenvalue weighted by molar-refractivity contribution is 0.519. The summed E-state index contributed by atoms with van der Waals surface area (Å²) in [7, 11) is 0. The fraction of sp³-hybridized carbons (Fsp3) is 0.143.